The predicted molar refractivity (Wildman–Crippen MR) is 76.9 cm³/mol. The van der Waals surface area contributed by atoms with Gasteiger partial charge in [0.1, 0.15) is 0 Å². The Morgan fingerprint density at radius 1 is 1.32 bits per heavy atom. The maximum absolute atomic E-state index is 12.2. The molecule has 0 saturated heterocycles. The SMILES string of the molecule is CC(C#N)CN(C)C(=O)c1ccc(C(C)(C)C)cc1. The minimum Gasteiger partial charge on any atom is -0.340 e. The fraction of sp³-hybridized carbons (Fsp3) is 0.500. The highest BCUT2D eigenvalue weighted by Crippen LogP contribution is 2.22. The van der Waals surface area contributed by atoms with E-state index in [0.29, 0.717) is 12.1 Å². The lowest BCUT2D eigenvalue weighted by Crippen LogP contribution is -2.30. The molecule has 1 unspecified atom stereocenters. The van der Waals surface area contributed by atoms with Crippen molar-refractivity contribution in [2.45, 2.75) is 33.1 Å². The Hall–Kier alpha value is -1.82. The van der Waals surface area contributed by atoms with Gasteiger partial charge in [0.25, 0.3) is 5.91 Å². The molecule has 0 saturated carbocycles. The molecule has 0 radical (unpaired) electrons. The van der Waals surface area contributed by atoms with Gasteiger partial charge in [0, 0.05) is 19.2 Å². The molecule has 1 aromatic carbocycles. The predicted octanol–water partition coefficient (Wildman–Crippen LogP) is 3.22. The van der Waals surface area contributed by atoms with Crippen molar-refractivity contribution >= 4 is 5.91 Å². The average Bonchev–Trinajstić information content (AvgIpc) is 2.36. The lowest BCUT2D eigenvalue weighted by molar-refractivity contribution is 0.0785. The number of rotatable bonds is 3. The van der Waals surface area contributed by atoms with Crippen molar-refractivity contribution in [2.24, 2.45) is 5.92 Å². The van der Waals surface area contributed by atoms with Crippen LogP contribution in [0.5, 0.6) is 0 Å². The van der Waals surface area contributed by atoms with Crippen molar-refractivity contribution in [1.29, 1.82) is 5.26 Å². The summed E-state index contributed by atoms with van der Waals surface area (Å²) in [6.45, 7) is 8.70. The smallest absolute Gasteiger partial charge is 0.253 e. The minimum absolute atomic E-state index is 0.0393. The fourth-order valence-electron chi connectivity index (χ4n) is 1.87. The van der Waals surface area contributed by atoms with Gasteiger partial charge in [-0.15, -0.1) is 0 Å². The summed E-state index contributed by atoms with van der Waals surface area (Å²) >= 11 is 0. The van der Waals surface area contributed by atoms with E-state index < -0.39 is 0 Å². The summed E-state index contributed by atoms with van der Waals surface area (Å²) in [4.78, 5) is 13.8. The van der Waals surface area contributed by atoms with E-state index in [0.717, 1.165) is 0 Å². The molecule has 1 aromatic rings. The van der Waals surface area contributed by atoms with E-state index in [9.17, 15) is 4.79 Å². The molecule has 0 N–H and O–H groups in total. The molecule has 1 rings (SSSR count). The Labute approximate surface area is 115 Å². The molecule has 0 spiro atoms. The molecule has 0 heterocycles. The van der Waals surface area contributed by atoms with Crippen molar-refractivity contribution < 1.29 is 4.79 Å². The van der Waals surface area contributed by atoms with E-state index in [-0.39, 0.29) is 17.2 Å². The van der Waals surface area contributed by atoms with Gasteiger partial charge >= 0.3 is 0 Å². The first kappa shape index (κ1) is 15.2. The Kier molecular flexibility index (Phi) is 4.72. The molecule has 1 amide bonds. The number of amides is 1. The first-order chi connectivity index (χ1) is 8.75. The highest BCUT2D eigenvalue weighted by Gasteiger charge is 2.17. The van der Waals surface area contributed by atoms with Crippen molar-refractivity contribution in [3.63, 3.8) is 0 Å². The standard InChI is InChI=1S/C16H22N2O/c1-12(10-17)11-18(5)15(19)13-6-8-14(9-7-13)16(2,3)4/h6-9,12H,11H2,1-5H3. The van der Waals surface area contributed by atoms with Crippen LogP contribution in [0.1, 0.15) is 43.6 Å². The van der Waals surface area contributed by atoms with Crippen LogP contribution < -0.4 is 0 Å². The van der Waals surface area contributed by atoms with Crippen LogP contribution in [-0.2, 0) is 5.41 Å². The van der Waals surface area contributed by atoms with E-state index in [2.05, 4.69) is 26.8 Å². The molecule has 0 aliphatic heterocycles. The summed E-state index contributed by atoms with van der Waals surface area (Å²) in [6.07, 6.45) is 0. The third kappa shape index (κ3) is 4.10. The topological polar surface area (TPSA) is 44.1 Å². The third-order valence-corrected chi connectivity index (χ3v) is 3.11. The number of benzene rings is 1. The fourth-order valence-corrected chi connectivity index (χ4v) is 1.87. The van der Waals surface area contributed by atoms with E-state index in [1.165, 1.54) is 5.56 Å². The largest absolute Gasteiger partial charge is 0.340 e. The van der Waals surface area contributed by atoms with Gasteiger partial charge in [0.2, 0.25) is 0 Å². The number of carbonyl (C=O) groups excluding carboxylic acids is 1. The van der Waals surface area contributed by atoms with Gasteiger partial charge in [-0.25, -0.2) is 0 Å². The van der Waals surface area contributed by atoms with Gasteiger partial charge in [-0.2, -0.15) is 5.26 Å². The van der Waals surface area contributed by atoms with Crippen LogP contribution in [0.25, 0.3) is 0 Å². The Morgan fingerprint density at radius 2 is 1.84 bits per heavy atom. The second-order valence-corrected chi connectivity index (χ2v) is 6.04. The van der Waals surface area contributed by atoms with Crippen LogP contribution >= 0.6 is 0 Å². The maximum atomic E-state index is 12.2. The molecule has 0 bridgehead atoms. The van der Waals surface area contributed by atoms with E-state index in [1.807, 2.05) is 31.2 Å². The molecule has 0 fully saturated rings. The molecular formula is C16H22N2O. The van der Waals surface area contributed by atoms with Crippen LogP contribution in [-0.4, -0.2) is 24.4 Å². The Bertz CT molecular complexity index is 477. The molecule has 0 aliphatic carbocycles. The molecule has 0 aromatic heterocycles. The summed E-state index contributed by atoms with van der Waals surface area (Å²) in [7, 11) is 1.73. The first-order valence-electron chi connectivity index (χ1n) is 6.51. The summed E-state index contributed by atoms with van der Waals surface area (Å²) in [5.41, 5.74) is 1.96. The number of hydrogen-bond donors (Lipinski definition) is 0. The molecule has 1 atom stereocenters. The van der Waals surface area contributed by atoms with Crippen LogP contribution in [0.4, 0.5) is 0 Å². The van der Waals surface area contributed by atoms with Gasteiger partial charge in [0.05, 0.1) is 12.0 Å². The van der Waals surface area contributed by atoms with Gasteiger partial charge < -0.3 is 4.90 Å². The molecular weight excluding hydrogens is 236 g/mol. The molecule has 3 heteroatoms. The number of hydrogen-bond acceptors (Lipinski definition) is 2. The summed E-state index contributed by atoms with van der Waals surface area (Å²) in [5, 5.41) is 8.77. The number of nitriles is 1. The zero-order valence-electron chi connectivity index (χ0n) is 12.4. The summed E-state index contributed by atoms with van der Waals surface area (Å²) in [5.74, 6) is -0.189. The lowest BCUT2D eigenvalue weighted by Gasteiger charge is -2.21. The molecule has 102 valence electrons. The van der Waals surface area contributed by atoms with Crippen molar-refractivity contribution in [3.8, 4) is 6.07 Å². The monoisotopic (exact) mass is 258 g/mol. The van der Waals surface area contributed by atoms with E-state index >= 15 is 0 Å². The highest BCUT2D eigenvalue weighted by atomic mass is 16.2. The summed E-state index contributed by atoms with van der Waals surface area (Å²) < 4.78 is 0. The zero-order valence-corrected chi connectivity index (χ0v) is 12.4. The Morgan fingerprint density at radius 3 is 2.26 bits per heavy atom. The van der Waals surface area contributed by atoms with Crippen LogP contribution in [0.15, 0.2) is 24.3 Å². The van der Waals surface area contributed by atoms with Gasteiger partial charge in [-0.05, 0) is 30.0 Å². The Balaban J connectivity index is 2.82. The first-order valence-corrected chi connectivity index (χ1v) is 6.51. The van der Waals surface area contributed by atoms with Crippen LogP contribution in [0, 0.1) is 17.2 Å². The van der Waals surface area contributed by atoms with Crippen molar-refractivity contribution in [1.82, 2.24) is 4.90 Å². The zero-order chi connectivity index (χ0) is 14.6. The number of carbonyl (C=O) groups is 1. The van der Waals surface area contributed by atoms with Gasteiger partial charge in [-0.3, -0.25) is 4.79 Å². The minimum atomic E-state index is -0.150. The van der Waals surface area contributed by atoms with Crippen LogP contribution in [0.2, 0.25) is 0 Å². The van der Waals surface area contributed by atoms with Crippen LogP contribution in [0.3, 0.4) is 0 Å². The molecule has 0 aliphatic rings. The normalized spacial score (nSPS) is 12.6. The second kappa shape index (κ2) is 5.88. The van der Waals surface area contributed by atoms with Crippen molar-refractivity contribution in [2.75, 3.05) is 13.6 Å². The average molecular weight is 258 g/mol. The molecule has 19 heavy (non-hydrogen) atoms. The highest BCUT2D eigenvalue weighted by molar-refractivity contribution is 5.94. The third-order valence-electron chi connectivity index (χ3n) is 3.11. The number of nitrogens with zero attached hydrogens (tertiary/aromatic N) is 2. The van der Waals surface area contributed by atoms with Crippen molar-refractivity contribution in [3.05, 3.63) is 35.4 Å². The van der Waals surface area contributed by atoms with E-state index in [4.69, 9.17) is 5.26 Å². The maximum Gasteiger partial charge on any atom is 0.253 e. The quantitative estimate of drug-likeness (QED) is 0.835. The van der Waals surface area contributed by atoms with E-state index in [1.54, 1.807) is 11.9 Å². The van der Waals surface area contributed by atoms with Gasteiger partial charge in [0.15, 0.2) is 0 Å². The second-order valence-electron chi connectivity index (χ2n) is 6.04. The summed E-state index contributed by atoms with van der Waals surface area (Å²) in [6, 6.07) is 9.84. The molecule has 3 nitrogen and oxygen atoms in total. The van der Waals surface area contributed by atoms with Gasteiger partial charge in [-0.1, -0.05) is 32.9 Å². The lowest BCUT2D eigenvalue weighted by atomic mass is 9.86.